The van der Waals surface area contributed by atoms with Gasteiger partial charge in [-0.25, -0.2) is 0 Å². The van der Waals surface area contributed by atoms with Crippen molar-refractivity contribution in [1.29, 1.82) is 0 Å². The first-order chi connectivity index (χ1) is 16.9. The van der Waals surface area contributed by atoms with Crippen molar-refractivity contribution in [3.63, 3.8) is 0 Å². The van der Waals surface area contributed by atoms with E-state index in [0.717, 1.165) is 17.5 Å². The summed E-state index contributed by atoms with van der Waals surface area (Å²) in [6.45, 7) is 2.40. The third-order valence-corrected chi connectivity index (χ3v) is 5.96. The number of rotatable bonds is 12. The highest BCUT2D eigenvalue weighted by atomic mass is 16.3. The molecule has 0 unspecified atom stereocenters. The van der Waals surface area contributed by atoms with Gasteiger partial charge in [-0.1, -0.05) is 48.5 Å². The Morgan fingerprint density at radius 2 is 1.66 bits per heavy atom. The third-order valence-electron chi connectivity index (χ3n) is 5.96. The van der Waals surface area contributed by atoms with E-state index in [4.69, 9.17) is 0 Å². The molecule has 3 aromatic rings. The fourth-order valence-corrected chi connectivity index (χ4v) is 3.91. The highest BCUT2D eigenvalue weighted by Gasteiger charge is 2.13. The Labute approximate surface area is 206 Å². The number of aryl methyl sites for hydroxylation is 1. The van der Waals surface area contributed by atoms with Gasteiger partial charge in [-0.3, -0.25) is 4.79 Å². The lowest BCUT2D eigenvalue weighted by Crippen LogP contribution is -2.32. The molecule has 3 aromatic carbocycles. The maximum absolute atomic E-state index is 12.2. The number of aliphatic hydroxyl groups excluding tert-OH is 2. The minimum absolute atomic E-state index is 0.0117. The van der Waals surface area contributed by atoms with E-state index >= 15 is 0 Å². The molecule has 7 nitrogen and oxygen atoms in total. The maximum atomic E-state index is 12.2. The van der Waals surface area contributed by atoms with E-state index in [1.807, 2.05) is 31.2 Å². The van der Waals surface area contributed by atoms with Crippen molar-refractivity contribution in [2.45, 2.75) is 51.5 Å². The largest absolute Gasteiger partial charge is 0.508 e. The Kier molecular flexibility index (Phi) is 9.66. The van der Waals surface area contributed by atoms with Crippen LogP contribution in [-0.4, -0.2) is 38.9 Å². The Balaban J connectivity index is 1.44. The summed E-state index contributed by atoms with van der Waals surface area (Å²) < 4.78 is 0. The number of phenolic OH excluding ortho intramolecular Hbond substituents is 1. The third kappa shape index (κ3) is 8.10. The smallest absolute Gasteiger partial charge is 0.220 e. The monoisotopic (exact) mass is 478 g/mol. The molecule has 0 heterocycles. The first-order valence-electron chi connectivity index (χ1n) is 11.8. The number of phenols is 2. The molecule has 0 bridgehead atoms. The molecule has 2 atom stereocenters. The second kappa shape index (κ2) is 12.9. The van der Waals surface area contributed by atoms with E-state index < -0.39 is 6.10 Å². The molecule has 35 heavy (non-hydrogen) atoms. The van der Waals surface area contributed by atoms with Crippen molar-refractivity contribution in [2.75, 3.05) is 6.54 Å². The fraction of sp³-hybridized carbons (Fsp3) is 0.321. The molecule has 6 N–H and O–H groups in total. The van der Waals surface area contributed by atoms with E-state index in [0.29, 0.717) is 42.6 Å². The van der Waals surface area contributed by atoms with Gasteiger partial charge in [0.15, 0.2) is 0 Å². The first kappa shape index (κ1) is 26.2. The topological polar surface area (TPSA) is 122 Å². The molecule has 7 heteroatoms. The summed E-state index contributed by atoms with van der Waals surface area (Å²) in [6.07, 6.45) is 0.984. The average Bonchev–Trinajstić information content (AvgIpc) is 2.86. The summed E-state index contributed by atoms with van der Waals surface area (Å²) in [5.74, 6) is 0.118. The number of aromatic hydroxyl groups is 2. The molecule has 0 saturated carbocycles. The molecule has 0 aliphatic carbocycles. The van der Waals surface area contributed by atoms with Crippen LogP contribution in [0.25, 0.3) is 0 Å². The van der Waals surface area contributed by atoms with Gasteiger partial charge >= 0.3 is 0 Å². The molecule has 3 rings (SSSR count). The minimum Gasteiger partial charge on any atom is -0.508 e. The number of carbonyl (C=O) groups excluding carboxylic acids is 1. The van der Waals surface area contributed by atoms with Crippen molar-refractivity contribution in [1.82, 2.24) is 10.6 Å². The Morgan fingerprint density at radius 3 is 2.43 bits per heavy atom. The molecule has 0 aliphatic rings. The zero-order valence-corrected chi connectivity index (χ0v) is 19.9. The summed E-state index contributed by atoms with van der Waals surface area (Å²) in [5.41, 5.74) is 3.92. The summed E-state index contributed by atoms with van der Waals surface area (Å²) in [4.78, 5) is 12.2. The maximum Gasteiger partial charge on any atom is 0.220 e. The molecule has 186 valence electrons. The van der Waals surface area contributed by atoms with Crippen LogP contribution in [0.4, 0.5) is 0 Å². The van der Waals surface area contributed by atoms with E-state index in [9.17, 15) is 25.2 Å². The normalized spacial score (nSPS) is 12.8. The molecule has 0 aliphatic heterocycles. The summed E-state index contributed by atoms with van der Waals surface area (Å²) in [7, 11) is 0. The quantitative estimate of drug-likeness (QED) is 0.238. The first-order valence-corrected chi connectivity index (χ1v) is 11.8. The zero-order chi connectivity index (χ0) is 25.2. The highest BCUT2D eigenvalue weighted by Crippen LogP contribution is 2.22. The second-order valence-corrected chi connectivity index (χ2v) is 8.80. The van der Waals surface area contributed by atoms with Crippen molar-refractivity contribution in [2.24, 2.45) is 0 Å². The van der Waals surface area contributed by atoms with Gasteiger partial charge in [0.1, 0.15) is 11.5 Å². The molecular weight excluding hydrogens is 444 g/mol. The van der Waals surface area contributed by atoms with Crippen LogP contribution in [0.15, 0.2) is 66.7 Å². The number of hydrogen-bond donors (Lipinski definition) is 6. The number of amides is 1. The van der Waals surface area contributed by atoms with Crippen LogP contribution in [0.5, 0.6) is 11.5 Å². The predicted octanol–water partition coefficient (Wildman–Crippen LogP) is 3.09. The Morgan fingerprint density at radius 1 is 0.914 bits per heavy atom. The van der Waals surface area contributed by atoms with Gasteiger partial charge in [0, 0.05) is 36.7 Å². The molecule has 0 radical (unpaired) electrons. The predicted molar refractivity (Wildman–Crippen MR) is 135 cm³/mol. The van der Waals surface area contributed by atoms with Gasteiger partial charge in [-0.2, -0.15) is 0 Å². The van der Waals surface area contributed by atoms with Gasteiger partial charge in [-0.05, 0) is 54.7 Å². The standard InChI is InChI=1S/C28H34N2O5/c1-19(29-17-27(34)22-10-11-26(33)24(15-22)18-31)13-21-6-4-5-20(14-21)9-12-28(35)30-16-23-7-2-3-8-25(23)32/h2-8,10-11,14-15,19,27,29,31-34H,9,12-13,16-18H2,1H3,(H,30,35)/t19-,27+/m1/s1. The fourth-order valence-electron chi connectivity index (χ4n) is 3.91. The molecule has 0 fully saturated rings. The minimum atomic E-state index is -0.758. The van der Waals surface area contributed by atoms with Crippen LogP contribution >= 0.6 is 0 Å². The molecule has 1 amide bonds. The van der Waals surface area contributed by atoms with Crippen LogP contribution in [-0.2, 0) is 30.8 Å². The zero-order valence-electron chi connectivity index (χ0n) is 19.9. The second-order valence-electron chi connectivity index (χ2n) is 8.80. The van der Waals surface area contributed by atoms with Gasteiger partial charge in [0.2, 0.25) is 5.91 Å². The SMILES string of the molecule is C[C@H](Cc1cccc(CCC(=O)NCc2ccccc2O)c1)NC[C@H](O)c1ccc(O)c(CO)c1. The summed E-state index contributed by atoms with van der Waals surface area (Å²) in [5, 5.41) is 45.4. The van der Waals surface area contributed by atoms with E-state index in [-0.39, 0.29) is 30.1 Å². The summed E-state index contributed by atoms with van der Waals surface area (Å²) in [6, 6.07) is 19.9. The van der Waals surface area contributed by atoms with E-state index in [1.54, 1.807) is 30.3 Å². The van der Waals surface area contributed by atoms with Crippen molar-refractivity contribution in [3.8, 4) is 11.5 Å². The van der Waals surface area contributed by atoms with Crippen LogP contribution in [0.2, 0.25) is 0 Å². The van der Waals surface area contributed by atoms with Crippen molar-refractivity contribution >= 4 is 5.91 Å². The average molecular weight is 479 g/mol. The van der Waals surface area contributed by atoms with Gasteiger partial charge < -0.3 is 31.1 Å². The van der Waals surface area contributed by atoms with E-state index in [2.05, 4.69) is 16.7 Å². The number of nitrogens with one attached hydrogen (secondary N) is 2. The van der Waals surface area contributed by atoms with Crippen molar-refractivity contribution in [3.05, 3.63) is 94.5 Å². The Hall–Kier alpha value is -3.39. The summed E-state index contributed by atoms with van der Waals surface area (Å²) >= 11 is 0. The Bertz CT molecular complexity index is 1120. The van der Waals surface area contributed by atoms with Crippen LogP contribution in [0.3, 0.4) is 0 Å². The lowest BCUT2D eigenvalue weighted by atomic mass is 10.0. The molecule has 0 aromatic heterocycles. The number of hydrogen-bond acceptors (Lipinski definition) is 6. The van der Waals surface area contributed by atoms with Gasteiger partial charge in [0.25, 0.3) is 0 Å². The molecule has 0 saturated heterocycles. The van der Waals surface area contributed by atoms with Crippen molar-refractivity contribution < 1.29 is 25.2 Å². The van der Waals surface area contributed by atoms with Crippen LogP contribution in [0.1, 0.15) is 47.3 Å². The van der Waals surface area contributed by atoms with Gasteiger partial charge in [-0.15, -0.1) is 0 Å². The highest BCUT2D eigenvalue weighted by molar-refractivity contribution is 5.76. The molecular formula is C28H34N2O5. The van der Waals surface area contributed by atoms with Gasteiger partial charge in [0.05, 0.1) is 12.7 Å². The number of aliphatic hydroxyl groups is 2. The molecule has 0 spiro atoms. The number of carbonyl (C=O) groups is 1. The van der Waals surface area contributed by atoms with E-state index in [1.165, 1.54) is 6.07 Å². The number of para-hydroxylation sites is 1. The lowest BCUT2D eigenvalue weighted by Gasteiger charge is -2.18. The van der Waals surface area contributed by atoms with Crippen LogP contribution < -0.4 is 10.6 Å². The van der Waals surface area contributed by atoms with Crippen LogP contribution in [0, 0.1) is 0 Å². The lowest BCUT2D eigenvalue weighted by molar-refractivity contribution is -0.121. The number of benzene rings is 3.